The zero-order valence-electron chi connectivity index (χ0n) is 17.7. The molecule has 178 valence electrons. The number of nitro benzene ring substituents is 1. The zero-order valence-corrected chi connectivity index (χ0v) is 21.7. The Morgan fingerprint density at radius 1 is 1.03 bits per heavy atom. The van der Waals surface area contributed by atoms with Crippen molar-refractivity contribution >= 4 is 66.5 Å². The number of para-hydroxylation sites is 1. The normalized spacial score (nSPS) is 14.6. The van der Waals surface area contributed by atoms with E-state index in [4.69, 9.17) is 4.74 Å². The molecule has 7 nitrogen and oxygen atoms in total. The summed E-state index contributed by atoms with van der Waals surface area (Å²) in [4.78, 5) is 37.3. The number of ether oxygens (including phenoxy) is 1. The Morgan fingerprint density at radius 3 is 2.31 bits per heavy atom. The molecule has 1 aliphatic rings. The van der Waals surface area contributed by atoms with Gasteiger partial charge in [0.25, 0.3) is 16.8 Å². The Hall–Kier alpha value is -3.02. The van der Waals surface area contributed by atoms with Gasteiger partial charge in [0.1, 0.15) is 18.2 Å². The highest BCUT2D eigenvalue weighted by Crippen LogP contribution is 2.39. The monoisotopic (exact) mass is 620 g/mol. The fourth-order valence-electron chi connectivity index (χ4n) is 3.35. The standard InChI is InChI=1S/C24H15Br2FN2O5S/c25-17-9-14(10-18(26)22(17)34-13-16-6-1-3-7-19(16)27)11-21-23(30)28(24(31)35-21)12-15-5-2-4-8-20(15)29(32)33/h1-11H,12-13H2/b21-11-. The second kappa shape index (κ2) is 10.7. The summed E-state index contributed by atoms with van der Waals surface area (Å²) in [5.41, 5.74) is 1.12. The molecule has 0 radical (unpaired) electrons. The van der Waals surface area contributed by atoms with Crippen LogP contribution in [0.4, 0.5) is 14.9 Å². The summed E-state index contributed by atoms with van der Waals surface area (Å²) < 4.78 is 20.8. The number of thioether (sulfide) groups is 1. The van der Waals surface area contributed by atoms with Crippen molar-refractivity contribution in [3.8, 4) is 5.75 Å². The van der Waals surface area contributed by atoms with Gasteiger partial charge in [0.05, 0.1) is 25.3 Å². The Morgan fingerprint density at radius 2 is 1.66 bits per heavy atom. The topological polar surface area (TPSA) is 89.8 Å². The first-order valence-corrected chi connectivity index (χ1v) is 12.5. The van der Waals surface area contributed by atoms with Crippen molar-refractivity contribution in [2.75, 3.05) is 0 Å². The lowest BCUT2D eigenvalue weighted by molar-refractivity contribution is -0.385. The second-order valence-electron chi connectivity index (χ2n) is 7.35. The van der Waals surface area contributed by atoms with Gasteiger partial charge in [-0.1, -0.05) is 36.4 Å². The van der Waals surface area contributed by atoms with E-state index in [2.05, 4.69) is 31.9 Å². The quantitative estimate of drug-likeness (QED) is 0.159. The highest BCUT2D eigenvalue weighted by molar-refractivity contribution is 9.11. The van der Waals surface area contributed by atoms with Gasteiger partial charge in [0, 0.05) is 17.2 Å². The molecule has 35 heavy (non-hydrogen) atoms. The smallest absolute Gasteiger partial charge is 0.293 e. The number of benzene rings is 3. The maximum Gasteiger partial charge on any atom is 0.293 e. The molecule has 1 heterocycles. The number of carbonyl (C=O) groups excluding carboxylic acids is 2. The molecule has 1 fully saturated rings. The average molecular weight is 622 g/mol. The van der Waals surface area contributed by atoms with E-state index in [0.29, 0.717) is 25.8 Å². The van der Waals surface area contributed by atoms with E-state index < -0.39 is 16.1 Å². The molecular formula is C24H15Br2FN2O5S. The lowest BCUT2D eigenvalue weighted by Gasteiger charge is -2.13. The summed E-state index contributed by atoms with van der Waals surface area (Å²) in [6.45, 7) is -0.177. The van der Waals surface area contributed by atoms with Crippen molar-refractivity contribution in [1.29, 1.82) is 0 Å². The molecule has 0 aliphatic carbocycles. The molecule has 3 aromatic rings. The molecule has 0 atom stereocenters. The Kier molecular flexibility index (Phi) is 7.68. The Balaban J connectivity index is 1.53. The van der Waals surface area contributed by atoms with E-state index in [-0.39, 0.29) is 35.1 Å². The molecule has 0 spiro atoms. The van der Waals surface area contributed by atoms with Gasteiger partial charge in [-0.15, -0.1) is 0 Å². The molecule has 0 bridgehead atoms. The van der Waals surface area contributed by atoms with E-state index in [1.54, 1.807) is 42.5 Å². The number of amides is 2. The molecule has 1 aliphatic heterocycles. The largest absolute Gasteiger partial charge is 0.486 e. The summed E-state index contributed by atoms with van der Waals surface area (Å²) in [7, 11) is 0. The van der Waals surface area contributed by atoms with Gasteiger partial charge >= 0.3 is 0 Å². The number of nitrogens with zero attached hydrogens (tertiary/aromatic N) is 2. The number of rotatable bonds is 7. The van der Waals surface area contributed by atoms with Gasteiger partial charge in [-0.2, -0.15) is 0 Å². The SMILES string of the molecule is O=C1S/C(=C\c2cc(Br)c(OCc3ccccc3F)c(Br)c2)C(=O)N1Cc1ccccc1[N+](=O)[O-]. The first kappa shape index (κ1) is 25.1. The molecular weight excluding hydrogens is 607 g/mol. The molecule has 0 N–H and O–H groups in total. The number of imide groups is 1. The minimum atomic E-state index is -0.547. The number of nitro groups is 1. The van der Waals surface area contributed by atoms with Gasteiger partial charge in [-0.25, -0.2) is 4.39 Å². The van der Waals surface area contributed by atoms with Gasteiger partial charge in [-0.05, 0) is 73.5 Å². The maximum absolute atomic E-state index is 13.9. The summed E-state index contributed by atoms with van der Waals surface area (Å²) in [6, 6.07) is 15.7. The van der Waals surface area contributed by atoms with Crippen LogP contribution in [0.15, 0.2) is 74.5 Å². The van der Waals surface area contributed by atoms with E-state index in [1.807, 2.05) is 0 Å². The van der Waals surface area contributed by atoms with Crippen LogP contribution >= 0.6 is 43.6 Å². The molecule has 3 aromatic carbocycles. The van der Waals surface area contributed by atoms with Crippen LogP contribution in [0.2, 0.25) is 0 Å². The Labute approximate surface area is 220 Å². The highest BCUT2D eigenvalue weighted by atomic mass is 79.9. The van der Waals surface area contributed by atoms with Gasteiger partial charge in [0.2, 0.25) is 0 Å². The number of carbonyl (C=O) groups is 2. The fraction of sp³-hybridized carbons (Fsp3) is 0.0833. The second-order valence-corrected chi connectivity index (χ2v) is 10.0. The van der Waals surface area contributed by atoms with Crippen molar-refractivity contribution in [2.24, 2.45) is 0 Å². The van der Waals surface area contributed by atoms with Gasteiger partial charge < -0.3 is 4.74 Å². The number of halogens is 3. The molecule has 0 saturated carbocycles. The summed E-state index contributed by atoms with van der Waals surface area (Å²) in [5, 5.41) is 10.8. The van der Waals surface area contributed by atoms with E-state index in [0.717, 1.165) is 16.7 Å². The van der Waals surface area contributed by atoms with Gasteiger partial charge in [0.15, 0.2) is 0 Å². The van der Waals surface area contributed by atoms with Crippen molar-refractivity contribution < 1.29 is 23.6 Å². The average Bonchev–Trinajstić information content (AvgIpc) is 3.07. The van der Waals surface area contributed by atoms with Crippen LogP contribution in [0.1, 0.15) is 16.7 Å². The van der Waals surface area contributed by atoms with Crippen molar-refractivity contribution in [3.05, 3.63) is 107 Å². The minimum Gasteiger partial charge on any atom is -0.486 e. The third kappa shape index (κ3) is 5.63. The lowest BCUT2D eigenvalue weighted by Crippen LogP contribution is -2.27. The predicted molar refractivity (Wildman–Crippen MR) is 137 cm³/mol. The molecule has 2 amide bonds. The zero-order chi connectivity index (χ0) is 25.1. The highest BCUT2D eigenvalue weighted by Gasteiger charge is 2.36. The fourth-order valence-corrected chi connectivity index (χ4v) is 5.64. The molecule has 1 saturated heterocycles. The third-order valence-corrected chi connectivity index (χ3v) is 7.12. The van der Waals surface area contributed by atoms with Crippen LogP contribution in [-0.2, 0) is 17.9 Å². The first-order valence-electron chi connectivity index (χ1n) is 10.1. The minimum absolute atomic E-state index is 0.0216. The van der Waals surface area contributed by atoms with Gasteiger partial charge in [-0.3, -0.25) is 24.6 Å². The molecule has 0 aromatic heterocycles. The van der Waals surface area contributed by atoms with Crippen LogP contribution < -0.4 is 4.74 Å². The summed E-state index contributed by atoms with van der Waals surface area (Å²) >= 11 is 7.63. The van der Waals surface area contributed by atoms with Crippen molar-refractivity contribution in [1.82, 2.24) is 4.90 Å². The van der Waals surface area contributed by atoms with Crippen molar-refractivity contribution in [3.63, 3.8) is 0 Å². The molecule has 11 heteroatoms. The lowest BCUT2D eigenvalue weighted by atomic mass is 10.1. The van der Waals surface area contributed by atoms with E-state index >= 15 is 0 Å². The van der Waals surface area contributed by atoms with Crippen molar-refractivity contribution in [2.45, 2.75) is 13.2 Å². The number of hydrogen-bond acceptors (Lipinski definition) is 6. The molecule has 0 unspecified atom stereocenters. The van der Waals surface area contributed by atoms with Crippen LogP contribution in [0.5, 0.6) is 5.75 Å². The Bertz CT molecular complexity index is 1360. The number of hydrogen-bond donors (Lipinski definition) is 0. The van der Waals surface area contributed by atoms with Crippen LogP contribution in [0, 0.1) is 15.9 Å². The van der Waals surface area contributed by atoms with E-state index in [9.17, 15) is 24.1 Å². The maximum atomic E-state index is 13.9. The summed E-state index contributed by atoms with van der Waals surface area (Å²) in [6.07, 6.45) is 1.56. The van der Waals surface area contributed by atoms with Crippen LogP contribution in [-0.4, -0.2) is 21.0 Å². The predicted octanol–water partition coefficient (Wildman–Crippen LogP) is 7.07. The summed E-state index contributed by atoms with van der Waals surface area (Å²) in [5.74, 6) is -0.451. The van der Waals surface area contributed by atoms with Crippen LogP contribution in [0.3, 0.4) is 0 Å². The molecule has 4 rings (SSSR count). The first-order chi connectivity index (χ1) is 16.7. The third-order valence-electron chi connectivity index (χ3n) is 5.04. The van der Waals surface area contributed by atoms with Crippen LogP contribution in [0.25, 0.3) is 6.08 Å². The van der Waals surface area contributed by atoms with E-state index in [1.165, 1.54) is 24.3 Å².